The summed E-state index contributed by atoms with van der Waals surface area (Å²) in [5.74, 6) is 0. The minimum atomic E-state index is 0.310. The normalized spacial score (nSPS) is 12.5. The van der Waals surface area contributed by atoms with Crippen LogP contribution in [0.4, 0.5) is 0 Å². The van der Waals surface area contributed by atoms with Crippen LogP contribution in [0.15, 0.2) is 43.1 Å². The fourth-order valence-electron chi connectivity index (χ4n) is 2.29. The van der Waals surface area contributed by atoms with Crippen LogP contribution in [0.3, 0.4) is 0 Å². The maximum atomic E-state index is 4.31. The lowest BCUT2D eigenvalue weighted by atomic mass is 10.1. The van der Waals surface area contributed by atoms with E-state index < -0.39 is 0 Å². The van der Waals surface area contributed by atoms with Crippen molar-refractivity contribution in [2.45, 2.75) is 33.0 Å². The van der Waals surface area contributed by atoms with E-state index in [1.165, 1.54) is 16.0 Å². The van der Waals surface area contributed by atoms with E-state index >= 15 is 0 Å². The highest BCUT2D eigenvalue weighted by atomic mass is 32.1. The van der Waals surface area contributed by atoms with E-state index in [0.29, 0.717) is 6.04 Å². The van der Waals surface area contributed by atoms with Crippen molar-refractivity contribution in [3.05, 3.63) is 64.1 Å². The Balaban J connectivity index is 1.60. The molecule has 3 aromatic rings. The maximum absolute atomic E-state index is 4.31. The first-order chi connectivity index (χ1) is 10.7. The lowest BCUT2D eigenvalue weighted by Crippen LogP contribution is -2.17. The van der Waals surface area contributed by atoms with Crippen LogP contribution in [0.25, 0.3) is 0 Å². The van der Waals surface area contributed by atoms with E-state index in [9.17, 15) is 0 Å². The van der Waals surface area contributed by atoms with Gasteiger partial charge in [0.05, 0.1) is 11.6 Å². The standard InChI is InChI=1S/C16H19N5S/c1-12(16-8-19-13(2)22-16)18-7-14-4-3-5-15(6-14)9-21-11-17-10-20-21/h3-6,8,10-12,18H,7,9H2,1-2H3. The third-order valence-corrected chi connectivity index (χ3v) is 4.58. The van der Waals surface area contributed by atoms with E-state index in [0.717, 1.165) is 18.1 Å². The molecule has 0 fully saturated rings. The molecule has 2 aromatic heterocycles. The summed E-state index contributed by atoms with van der Waals surface area (Å²) in [5.41, 5.74) is 2.50. The number of nitrogens with one attached hydrogen (secondary N) is 1. The Morgan fingerprint density at radius 3 is 2.91 bits per heavy atom. The van der Waals surface area contributed by atoms with Gasteiger partial charge in [-0.1, -0.05) is 24.3 Å². The Kier molecular flexibility index (Phi) is 4.60. The van der Waals surface area contributed by atoms with Gasteiger partial charge in [-0.15, -0.1) is 11.3 Å². The molecule has 22 heavy (non-hydrogen) atoms. The van der Waals surface area contributed by atoms with E-state index in [4.69, 9.17) is 0 Å². The molecule has 0 amide bonds. The smallest absolute Gasteiger partial charge is 0.137 e. The number of hydrogen-bond donors (Lipinski definition) is 1. The van der Waals surface area contributed by atoms with Crippen molar-refractivity contribution in [3.63, 3.8) is 0 Å². The van der Waals surface area contributed by atoms with Crippen molar-refractivity contribution in [3.8, 4) is 0 Å². The van der Waals surface area contributed by atoms with E-state index in [2.05, 4.69) is 51.6 Å². The molecule has 0 saturated carbocycles. The second-order valence-corrected chi connectivity index (χ2v) is 6.56. The van der Waals surface area contributed by atoms with Gasteiger partial charge in [-0.3, -0.25) is 0 Å². The van der Waals surface area contributed by atoms with Crippen LogP contribution in [0.5, 0.6) is 0 Å². The molecule has 0 radical (unpaired) electrons. The fraction of sp³-hybridized carbons (Fsp3) is 0.312. The zero-order valence-electron chi connectivity index (χ0n) is 12.7. The molecule has 2 heterocycles. The molecule has 5 nitrogen and oxygen atoms in total. The van der Waals surface area contributed by atoms with E-state index in [1.807, 2.05) is 17.8 Å². The molecule has 6 heteroatoms. The van der Waals surface area contributed by atoms with Gasteiger partial charge in [-0.25, -0.2) is 14.6 Å². The minimum Gasteiger partial charge on any atom is -0.305 e. The van der Waals surface area contributed by atoms with Crippen LogP contribution < -0.4 is 5.32 Å². The molecule has 0 aliphatic heterocycles. The fourth-order valence-corrected chi connectivity index (χ4v) is 3.10. The average molecular weight is 313 g/mol. The summed E-state index contributed by atoms with van der Waals surface area (Å²) in [4.78, 5) is 9.56. The molecule has 114 valence electrons. The van der Waals surface area contributed by atoms with E-state index in [-0.39, 0.29) is 0 Å². The first-order valence-corrected chi connectivity index (χ1v) is 8.08. The van der Waals surface area contributed by atoms with Gasteiger partial charge in [0.1, 0.15) is 12.7 Å². The Hall–Kier alpha value is -2.05. The predicted octanol–water partition coefficient (Wildman–Crippen LogP) is 2.94. The second-order valence-electron chi connectivity index (χ2n) is 5.30. The van der Waals surface area contributed by atoms with Gasteiger partial charge in [-0.2, -0.15) is 5.10 Å². The molecule has 0 spiro atoms. The summed E-state index contributed by atoms with van der Waals surface area (Å²) >= 11 is 1.74. The zero-order valence-corrected chi connectivity index (χ0v) is 13.5. The summed E-state index contributed by atoms with van der Waals surface area (Å²) in [6.07, 6.45) is 5.25. The van der Waals surface area contributed by atoms with Crippen LogP contribution in [0.1, 0.15) is 34.0 Å². The summed E-state index contributed by atoms with van der Waals surface area (Å²) in [7, 11) is 0. The van der Waals surface area contributed by atoms with Crippen LogP contribution in [0, 0.1) is 6.92 Å². The molecule has 1 N–H and O–H groups in total. The number of aryl methyl sites for hydroxylation is 1. The van der Waals surface area contributed by atoms with Crippen molar-refractivity contribution in [2.24, 2.45) is 0 Å². The highest BCUT2D eigenvalue weighted by molar-refractivity contribution is 7.11. The van der Waals surface area contributed by atoms with E-state index in [1.54, 1.807) is 24.0 Å². The third-order valence-electron chi connectivity index (χ3n) is 3.48. The average Bonchev–Trinajstić information content (AvgIpc) is 3.17. The summed E-state index contributed by atoms with van der Waals surface area (Å²) in [6.45, 7) is 5.79. The number of benzene rings is 1. The molecule has 0 aliphatic rings. The molecule has 1 aromatic carbocycles. The number of aromatic nitrogens is 4. The van der Waals surface area contributed by atoms with Gasteiger partial charge in [0.2, 0.25) is 0 Å². The summed E-state index contributed by atoms with van der Waals surface area (Å²) in [5, 5.41) is 8.80. The van der Waals surface area contributed by atoms with Crippen molar-refractivity contribution in [2.75, 3.05) is 0 Å². The highest BCUT2D eigenvalue weighted by Crippen LogP contribution is 2.20. The number of hydrogen-bond acceptors (Lipinski definition) is 5. The maximum Gasteiger partial charge on any atom is 0.137 e. The van der Waals surface area contributed by atoms with Crippen molar-refractivity contribution < 1.29 is 0 Å². The van der Waals surface area contributed by atoms with Crippen LogP contribution in [-0.2, 0) is 13.1 Å². The second kappa shape index (κ2) is 6.81. The van der Waals surface area contributed by atoms with Gasteiger partial charge >= 0.3 is 0 Å². The van der Waals surface area contributed by atoms with Gasteiger partial charge in [0.25, 0.3) is 0 Å². The molecular weight excluding hydrogens is 294 g/mol. The molecular formula is C16H19N5S. The van der Waals surface area contributed by atoms with Gasteiger partial charge < -0.3 is 5.32 Å². The molecule has 3 rings (SSSR count). The molecule has 0 bridgehead atoms. The topological polar surface area (TPSA) is 55.6 Å². The van der Waals surface area contributed by atoms with Crippen molar-refractivity contribution in [1.82, 2.24) is 25.1 Å². The zero-order chi connectivity index (χ0) is 15.4. The summed E-state index contributed by atoms with van der Waals surface area (Å²) in [6, 6.07) is 8.86. The quantitative estimate of drug-likeness (QED) is 0.760. The molecule has 1 unspecified atom stereocenters. The van der Waals surface area contributed by atoms with Gasteiger partial charge in [-0.05, 0) is 25.0 Å². The minimum absolute atomic E-state index is 0.310. The number of nitrogens with zero attached hydrogens (tertiary/aromatic N) is 4. The third kappa shape index (κ3) is 3.78. The Bertz CT molecular complexity index is 720. The van der Waals surface area contributed by atoms with Gasteiger partial charge in [0.15, 0.2) is 0 Å². The predicted molar refractivity (Wildman–Crippen MR) is 87.7 cm³/mol. The van der Waals surface area contributed by atoms with Crippen LogP contribution >= 0.6 is 11.3 Å². The van der Waals surface area contributed by atoms with Crippen LogP contribution in [0.2, 0.25) is 0 Å². The Morgan fingerprint density at radius 1 is 1.32 bits per heavy atom. The summed E-state index contributed by atoms with van der Waals surface area (Å²) < 4.78 is 1.83. The Labute approximate surface area is 134 Å². The number of rotatable bonds is 6. The Morgan fingerprint density at radius 2 is 2.18 bits per heavy atom. The highest BCUT2D eigenvalue weighted by Gasteiger charge is 2.08. The SMILES string of the molecule is Cc1ncc(C(C)NCc2cccc(Cn3cncn3)c2)s1. The lowest BCUT2D eigenvalue weighted by Gasteiger charge is -2.12. The van der Waals surface area contributed by atoms with Crippen molar-refractivity contribution >= 4 is 11.3 Å². The lowest BCUT2D eigenvalue weighted by molar-refractivity contribution is 0.581. The van der Waals surface area contributed by atoms with Crippen LogP contribution in [-0.4, -0.2) is 19.7 Å². The molecule has 0 saturated heterocycles. The number of thiazole rings is 1. The molecule has 0 aliphatic carbocycles. The van der Waals surface area contributed by atoms with Crippen molar-refractivity contribution in [1.29, 1.82) is 0 Å². The first kappa shape index (κ1) is 14.9. The van der Waals surface area contributed by atoms with Gasteiger partial charge in [0, 0.05) is 23.7 Å². The first-order valence-electron chi connectivity index (χ1n) is 7.26. The largest absolute Gasteiger partial charge is 0.305 e. The monoisotopic (exact) mass is 313 g/mol. The molecule has 1 atom stereocenters.